The standard InChI is InChI=1S/C14H18N6O.2ClH/c1-9(15)13(21)17-14(5-6-14)12-4-3-11(18-19-12)10-7-16-20(2)8-10;;/h3-4,7-9H,5-6,15H2,1-2H3,(H,17,21);2*1H. The van der Waals surface area contributed by atoms with Crippen LogP contribution in [0.3, 0.4) is 0 Å². The van der Waals surface area contributed by atoms with E-state index in [2.05, 4.69) is 20.6 Å². The lowest BCUT2D eigenvalue weighted by Crippen LogP contribution is -2.44. The van der Waals surface area contributed by atoms with Crippen LogP contribution < -0.4 is 11.1 Å². The minimum atomic E-state index is -0.523. The third-order valence-electron chi connectivity index (χ3n) is 3.68. The van der Waals surface area contributed by atoms with E-state index in [-0.39, 0.29) is 36.3 Å². The molecule has 126 valence electrons. The maximum Gasteiger partial charge on any atom is 0.237 e. The zero-order valence-corrected chi connectivity index (χ0v) is 14.5. The Kier molecular flexibility index (Phi) is 6.10. The van der Waals surface area contributed by atoms with E-state index < -0.39 is 6.04 Å². The Hall–Kier alpha value is -1.70. The van der Waals surface area contributed by atoms with Crippen LogP contribution in [0.5, 0.6) is 0 Å². The smallest absolute Gasteiger partial charge is 0.237 e. The fourth-order valence-electron chi connectivity index (χ4n) is 2.21. The third kappa shape index (κ3) is 3.99. The molecular formula is C14H20Cl2N6O. The predicted octanol–water partition coefficient (Wildman–Crippen LogP) is 1.17. The van der Waals surface area contributed by atoms with Gasteiger partial charge in [-0.05, 0) is 31.9 Å². The summed E-state index contributed by atoms with van der Waals surface area (Å²) in [6.45, 7) is 1.67. The number of aryl methyl sites for hydroxylation is 1. The van der Waals surface area contributed by atoms with Crippen LogP contribution in [0.25, 0.3) is 11.3 Å². The second-order valence-corrected chi connectivity index (χ2v) is 5.57. The summed E-state index contributed by atoms with van der Waals surface area (Å²) < 4.78 is 1.72. The molecule has 0 saturated heterocycles. The molecule has 0 bridgehead atoms. The molecule has 2 aromatic rings. The highest BCUT2D eigenvalue weighted by molar-refractivity contribution is 5.85. The van der Waals surface area contributed by atoms with E-state index in [0.29, 0.717) is 0 Å². The first-order chi connectivity index (χ1) is 10.00. The van der Waals surface area contributed by atoms with Gasteiger partial charge in [-0.25, -0.2) is 0 Å². The molecule has 3 N–H and O–H groups in total. The van der Waals surface area contributed by atoms with Gasteiger partial charge in [-0.3, -0.25) is 9.48 Å². The highest BCUT2D eigenvalue weighted by Gasteiger charge is 2.47. The van der Waals surface area contributed by atoms with Crippen molar-refractivity contribution in [3.63, 3.8) is 0 Å². The summed E-state index contributed by atoms with van der Waals surface area (Å²) in [5, 5.41) is 15.6. The molecule has 1 fully saturated rings. The first-order valence-corrected chi connectivity index (χ1v) is 6.91. The summed E-state index contributed by atoms with van der Waals surface area (Å²) in [7, 11) is 1.86. The molecule has 1 amide bonds. The Labute approximate surface area is 146 Å². The Morgan fingerprint density at radius 3 is 2.48 bits per heavy atom. The quantitative estimate of drug-likeness (QED) is 0.854. The number of hydrogen-bond acceptors (Lipinski definition) is 5. The number of nitrogens with one attached hydrogen (secondary N) is 1. The Morgan fingerprint density at radius 2 is 2.04 bits per heavy atom. The van der Waals surface area contributed by atoms with Crippen molar-refractivity contribution in [1.29, 1.82) is 0 Å². The second-order valence-electron chi connectivity index (χ2n) is 5.57. The normalized spacial score (nSPS) is 15.8. The van der Waals surface area contributed by atoms with E-state index in [1.165, 1.54) is 0 Å². The predicted molar refractivity (Wildman–Crippen MR) is 91.4 cm³/mol. The van der Waals surface area contributed by atoms with Crippen LogP contribution >= 0.6 is 24.8 Å². The lowest BCUT2D eigenvalue weighted by molar-refractivity contribution is -0.123. The fourth-order valence-corrected chi connectivity index (χ4v) is 2.21. The monoisotopic (exact) mass is 358 g/mol. The van der Waals surface area contributed by atoms with Gasteiger partial charge in [-0.2, -0.15) is 15.3 Å². The van der Waals surface area contributed by atoms with Crippen molar-refractivity contribution in [2.24, 2.45) is 12.8 Å². The van der Waals surface area contributed by atoms with E-state index in [0.717, 1.165) is 29.8 Å². The molecule has 2 aromatic heterocycles. The van der Waals surface area contributed by atoms with Gasteiger partial charge in [0, 0.05) is 18.8 Å². The van der Waals surface area contributed by atoms with Crippen molar-refractivity contribution in [3.8, 4) is 11.3 Å². The van der Waals surface area contributed by atoms with Crippen LogP contribution in [-0.4, -0.2) is 31.9 Å². The number of aromatic nitrogens is 4. The molecule has 1 saturated carbocycles. The zero-order valence-electron chi connectivity index (χ0n) is 12.9. The van der Waals surface area contributed by atoms with Gasteiger partial charge in [0.15, 0.2) is 0 Å². The number of carbonyl (C=O) groups is 1. The van der Waals surface area contributed by atoms with E-state index in [1.54, 1.807) is 17.8 Å². The maximum atomic E-state index is 11.8. The van der Waals surface area contributed by atoms with Gasteiger partial charge < -0.3 is 11.1 Å². The van der Waals surface area contributed by atoms with Gasteiger partial charge in [0.1, 0.15) is 0 Å². The number of carbonyl (C=O) groups excluding carboxylic acids is 1. The first-order valence-electron chi connectivity index (χ1n) is 6.91. The van der Waals surface area contributed by atoms with Crippen LogP contribution in [-0.2, 0) is 17.4 Å². The van der Waals surface area contributed by atoms with E-state index in [9.17, 15) is 4.79 Å². The molecule has 3 rings (SSSR count). The van der Waals surface area contributed by atoms with Crippen molar-refractivity contribution in [1.82, 2.24) is 25.3 Å². The number of nitrogens with two attached hydrogens (primary N) is 1. The highest BCUT2D eigenvalue weighted by Crippen LogP contribution is 2.44. The summed E-state index contributed by atoms with van der Waals surface area (Å²) in [6.07, 6.45) is 5.36. The molecule has 7 nitrogen and oxygen atoms in total. The molecular weight excluding hydrogens is 339 g/mol. The number of nitrogens with zero attached hydrogens (tertiary/aromatic N) is 4. The van der Waals surface area contributed by atoms with Crippen molar-refractivity contribution < 1.29 is 4.79 Å². The van der Waals surface area contributed by atoms with Gasteiger partial charge in [0.05, 0.1) is 29.2 Å². The van der Waals surface area contributed by atoms with Crippen LogP contribution in [0.1, 0.15) is 25.5 Å². The lowest BCUT2D eigenvalue weighted by atomic mass is 10.1. The number of hydrogen-bond donors (Lipinski definition) is 2. The van der Waals surface area contributed by atoms with Crippen LogP contribution in [0.15, 0.2) is 24.5 Å². The SMILES string of the molecule is CC(N)C(=O)NC1(c2ccc(-c3cnn(C)c3)nn2)CC1.Cl.Cl. The zero-order chi connectivity index (χ0) is 15.0. The van der Waals surface area contributed by atoms with Crippen LogP contribution in [0, 0.1) is 0 Å². The van der Waals surface area contributed by atoms with Gasteiger partial charge in [0.2, 0.25) is 5.91 Å². The average molecular weight is 359 g/mol. The van der Waals surface area contributed by atoms with Gasteiger partial charge in [-0.1, -0.05) is 0 Å². The average Bonchev–Trinajstić information content (AvgIpc) is 3.12. The van der Waals surface area contributed by atoms with Crippen molar-refractivity contribution >= 4 is 30.7 Å². The van der Waals surface area contributed by atoms with Crippen molar-refractivity contribution in [2.45, 2.75) is 31.3 Å². The molecule has 0 aromatic carbocycles. The molecule has 1 aliphatic rings. The molecule has 1 atom stereocenters. The summed E-state index contributed by atoms with van der Waals surface area (Å²) in [5.74, 6) is -0.161. The second kappa shape index (κ2) is 7.25. The molecule has 9 heteroatoms. The van der Waals surface area contributed by atoms with Crippen molar-refractivity contribution in [2.75, 3.05) is 0 Å². The van der Waals surface area contributed by atoms with E-state index >= 15 is 0 Å². The summed E-state index contributed by atoms with van der Waals surface area (Å²) in [5.41, 5.74) is 7.67. The van der Waals surface area contributed by atoms with Crippen LogP contribution in [0.2, 0.25) is 0 Å². The molecule has 1 unspecified atom stereocenters. The summed E-state index contributed by atoms with van der Waals surface area (Å²) in [6, 6.07) is 3.28. The molecule has 0 aliphatic heterocycles. The maximum absolute atomic E-state index is 11.8. The topological polar surface area (TPSA) is 98.7 Å². The lowest BCUT2D eigenvalue weighted by Gasteiger charge is -2.18. The summed E-state index contributed by atoms with van der Waals surface area (Å²) in [4.78, 5) is 11.8. The van der Waals surface area contributed by atoms with E-state index in [4.69, 9.17) is 5.73 Å². The Bertz CT molecular complexity index is 666. The van der Waals surface area contributed by atoms with Gasteiger partial charge in [0.25, 0.3) is 0 Å². The Morgan fingerprint density at radius 1 is 1.35 bits per heavy atom. The molecule has 0 spiro atoms. The first kappa shape index (κ1) is 19.3. The van der Waals surface area contributed by atoms with Gasteiger partial charge >= 0.3 is 0 Å². The Balaban J connectivity index is 0.00000132. The molecule has 23 heavy (non-hydrogen) atoms. The van der Waals surface area contributed by atoms with Crippen LogP contribution in [0.4, 0.5) is 0 Å². The van der Waals surface area contributed by atoms with E-state index in [1.807, 2.05) is 25.4 Å². The largest absolute Gasteiger partial charge is 0.344 e. The molecule has 0 radical (unpaired) electrons. The number of rotatable bonds is 4. The number of halogens is 2. The molecule has 2 heterocycles. The summed E-state index contributed by atoms with van der Waals surface area (Å²) >= 11 is 0. The molecule has 1 aliphatic carbocycles. The third-order valence-corrected chi connectivity index (χ3v) is 3.68. The fraction of sp³-hybridized carbons (Fsp3) is 0.429. The van der Waals surface area contributed by atoms with Crippen molar-refractivity contribution in [3.05, 3.63) is 30.2 Å². The highest BCUT2D eigenvalue weighted by atomic mass is 35.5. The minimum absolute atomic E-state index is 0. The van der Waals surface area contributed by atoms with Gasteiger partial charge in [-0.15, -0.1) is 24.8 Å². The number of amides is 1. The minimum Gasteiger partial charge on any atom is -0.344 e.